The lowest BCUT2D eigenvalue weighted by Gasteiger charge is -2.32. The SMILES string of the molecule is C.Clc1sc2ccccc2c1C1=COc2ccccc2O1.O=C1c2ccccc2-c2c1cccc2-c1cc(-c2ccccc2)cc(-c2ccccc2)c1.c1ccc(-c2cc(-c3ccccc3)cc(-c3cccc4c3-c3ccccc3C43C4=C(Oc5ccccc5O4)c4c3sc3ccccc43)c2)cc1. The third kappa shape index (κ3) is 10.6. The quantitative estimate of drug-likeness (QED) is 0.159. The molecule has 14 aromatic carbocycles. The largest absolute Gasteiger partial charge is 0.457 e. The first-order valence-corrected chi connectivity index (χ1v) is 36.0. The van der Waals surface area contributed by atoms with E-state index in [4.69, 9.17) is 30.5 Å². The van der Waals surface area contributed by atoms with Crippen LogP contribution in [-0.2, 0) is 5.41 Å². The lowest BCUT2D eigenvalue weighted by atomic mass is 9.76. The van der Waals surface area contributed by atoms with E-state index in [1.807, 2.05) is 127 Å². The van der Waals surface area contributed by atoms with Crippen molar-refractivity contribution >= 4 is 71.7 Å². The van der Waals surface area contributed by atoms with E-state index < -0.39 is 5.41 Å². The van der Waals surface area contributed by atoms with E-state index in [9.17, 15) is 4.79 Å². The number of fused-ring (bicyclic) bond motifs is 17. The highest BCUT2D eigenvalue weighted by Crippen LogP contribution is 2.67. The van der Waals surface area contributed by atoms with E-state index in [1.165, 1.54) is 81.7 Å². The van der Waals surface area contributed by atoms with Gasteiger partial charge in [0.05, 0.1) is 5.56 Å². The Hall–Kier alpha value is -12.4. The van der Waals surface area contributed by atoms with Crippen molar-refractivity contribution in [1.29, 1.82) is 0 Å². The summed E-state index contributed by atoms with van der Waals surface area (Å²) < 4.78 is 28.6. The van der Waals surface area contributed by atoms with Crippen LogP contribution in [0.5, 0.6) is 23.0 Å². The molecule has 0 N–H and O–H groups in total. The Labute approximate surface area is 610 Å². The number of para-hydroxylation sites is 4. The van der Waals surface area contributed by atoms with Crippen LogP contribution in [0.2, 0.25) is 4.34 Å². The minimum Gasteiger partial charge on any atom is -0.457 e. The number of halogens is 1. The van der Waals surface area contributed by atoms with Crippen LogP contribution in [-0.4, -0.2) is 5.78 Å². The molecule has 5 aliphatic rings. The van der Waals surface area contributed by atoms with Gasteiger partial charge >= 0.3 is 0 Å². The maximum absolute atomic E-state index is 13.0. The Bertz CT molecular complexity index is 6000. The molecule has 2 aromatic heterocycles. The van der Waals surface area contributed by atoms with Crippen LogP contribution in [0.1, 0.15) is 50.5 Å². The van der Waals surface area contributed by atoms with Crippen LogP contribution in [0.4, 0.5) is 0 Å². The van der Waals surface area contributed by atoms with E-state index in [0.717, 1.165) is 88.7 Å². The lowest BCUT2D eigenvalue weighted by molar-refractivity contribution is 0.104. The summed E-state index contributed by atoms with van der Waals surface area (Å²) in [5.41, 5.74) is 24.0. The Morgan fingerprint density at radius 3 is 1.29 bits per heavy atom. The Morgan fingerprint density at radius 1 is 0.301 bits per heavy atom. The topological polar surface area (TPSA) is 54.0 Å². The van der Waals surface area contributed by atoms with Crippen molar-refractivity contribution in [1.82, 2.24) is 0 Å². The first-order valence-electron chi connectivity index (χ1n) is 34.0. The fourth-order valence-corrected chi connectivity index (χ4v) is 18.2. The van der Waals surface area contributed by atoms with Gasteiger partial charge in [-0.2, -0.15) is 0 Å². The second-order valence-electron chi connectivity index (χ2n) is 25.7. The summed E-state index contributed by atoms with van der Waals surface area (Å²) in [4.78, 5) is 14.3. The van der Waals surface area contributed by atoms with E-state index in [1.54, 1.807) is 17.6 Å². The fourth-order valence-electron chi connectivity index (χ4n) is 15.4. The molecule has 1 atom stereocenters. The van der Waals surface area contributed by atoms with E-state index in [-0.39, 0.29) is 13.2 Å². The summed E-state index contributed by atoms with van der Waals surface area (Å²) in [6.45, 7) is 0. The zero-order chi connectivity index (χ0) is 67.8. The highest BCUT2D eigenvalue weighted by Gasteiger charge is 2.59. The van der Waals surface area contributed by atoms with Crippen LogP contribution in [0, 0.1) is 0 Å². The van der Waals surface area contributed by atoms with Gasteiger partial charge in [-0.25, -0.2) is 0 Å². The number of allylic oxidation sites excluding steroid dienone is 1. The highest BCUT2D eigenvalue weighted by molar-refractivity contribution is 7.23. The average Bonchev–Trinajstić information content (AvgIpc) is 1.49. The molecule has 16 aromatic rings. The maximum Gasteiger partial charge on any atom is 0.194 e. The number of hydrogen-bond donors (Lipinski definition) is 0. The molecule has 0 bridgehead atoms. The molecule has 0 saturated heterocycles. The molecule has 490 valence electrons. The second kappa shape index (κ2) is 26.0. The zero-order valence-corrected chi connectivity index (χ0v) is 57.0. The van der Waals surface area contributed by atoms with Crippen LogP contribution in [0.25, 0.3) is 121 Å². The monoisotopic (exact) mass is 1380 g/mol. The van der Waals surface area contributed by atoms with Crippen molar-refractivity contribution in [3.63, 3.8) is 0 Å². The van der Waals surface area contributed by atoms with Crippen molar-refractivity contribution < 1.29 is 23.7 Å². The minimum atomic E-state index is -0.664. The molecule has 2 aliphatic heterocycles. The van der Waals surface area contributed by atoms with Gasteiger partial charge in [-0.15, -0.1) is 22.7 Å². The molecule has 0 radical (unpaired) electrons. The fraction of sp³-hybridized carbons (Fsp3) is 0.0211. The second-order valence-corrected chi connectivity index (χ2v) is 28.4. The molecule has 8 heteroatoms. The molecular weight excluding hydrogens is 1320 g/mol. The van der Waals surface area contributed by atoms with Crippen molar-refractivity contribution in [3.8, 4) is 112 Å². The molecule has 21 rings (SSSR count). The molecule has 0 amide bonds. The first kappa shape index (κ1) is 62.9. The van der Waals surface area contributed by atoms with Crippen molar-refractivity contribution in [2.75, 3.05) is 0 Å². The first-order chi connectivity index (χ1) is 50.4. The number of ketones is 1. The summed E-state index contributed by atoms with van der Waals surface area (Å²) in [7, 11) is 0. The normalized spacial score (nSPS) is 14.2. The van der Waals surface area contributed by atoms with Gasteiger partial charge in [0.1, 0.15) is 16.0 Å². The van der Waals surface area contributed by atoms with Crippen LogP contribution < -0.4 is 18.9 Å². The Balaban J connectivity index is 0.000000122. The molecule has 0 fully saturated rings. The Kier molecular flexibility index (Phi) is 15.9. The van der Waals surface area contributed by atoms with Gasteiger partial charge in [-0.1, -0.05) is 286 Å². The average molecular weight is 1380 g/mol. The van der Waals surface area contributed by atoms with Crippen LogP contribution in [0.3, 0.4) is 0 Å². The van der Waals surface area contributed by atoms with Gasteiger partial charge in [0.2, 0.25) is 0 Å². The number of benzene rings is 14. The molecule has 3 aliphatic carbocycles. The molecule has 103 heavy (non-hydrogen) atoms. The van der Waals surface area contributed by atoms with Gasteiger partial charge in [0.25, 0.3) is 0 Å². The predicted octanol–water partition coefficient (Wildman–Crippen LogP) is 26.2. The van der Waals surface area contributed by atoms with Gasteiger partial charge in [-0.3, -0.25) is 4.79 Å². The summed E-state index contributed by atoms with van der Waals surface area (Å²) in [5.74, 6) is 5.34. The molecular formula is C95H61ClO5S2. The third-order valence-corrected chi connectivity index (χ3v) is 22.5. The summed E-state index contributed by atoms with van der Waals surface area (Å²) in [6.07, 6.45) is 1.61. The highest BCUT2D eigenvalue weighted by atomic mass is 35.5. The van der Waals surface area contributed by atoms with Crippen molar-refractivity contribution in [2.24, 2.45) is 0 Å². The molecule has 5 nitrogen and oxygen atoms in total. The number of hydrogen-bond acceptors (Lipinski definition) is 7. The molecule has 1 unspecified atom stereocenters. The van der Waals surface area contributed by atoms with Crippen molar-refractivity contribution in [2.45, 2.75) is 12.8 Å². The van der Waals surface area contributed by atoms with E-state index in [2.05, 4.69) is 224 Å². The van der Waals surface area contributed by atoms with Crippen molar-refractivity contribution in [3.05, 3.63) is 394 Å². The van der Waals surface area contributed by atoms with E-state index in [0.29, 0.717) is 21.6 Å². The summed E-state index contributed by atoms with van der Waals surface area (Å²) in [6, 6.07) is 118. The molecule has 4 heterocycles. The molecule has 1 spiro atoms. The molecule has 0 saturated carbocycles. The smallest absolute Gasteiger partial charge is 0.194 e. The van der Waals surface area contributed by atoms with Gasteiger partial charge in [0, 0.05) is 47.3 Å². The van der Waals surface area contributed by atoms with Gasteiger partial charge in [0.15, 0.2) is 46.1 Å². The third-order valence-electron chi connectivity index (χ3n) is 19.9. The summed E-state index contributed by atoms with van der Waals surface area (Å²) >= 11 is 9.77. The van der Waals surface area contributed by atoms with Gasteiger partial charge in [-0.05, 0) is 167 Å². The Morgan fingerprint density at radius 2 is 0.709 bits per heavy atom. The predicted molar refractivity (Wildman–Crippen MR) is 425 cm³/mol. The number of carbonyl (C=O) groups excluding carboxylic acids is 1. The van der Waals surface area contributed by atoms with Crippen LogP contribution in [0.15, 0.2) is 352 Å². The lowest BCUT2D eigenvalue weighted by Crippen LogP contribution is -2.30. The standard InChI is InChI=1S/C47H28O2S.C31H20O.C16H9ClO2S.CH4/c1-3-14-29(15-4-1)31-26-32(30-16-5-2-6-17-30)28-33(27-31)34-20-13-22-38-42(34)35-18-7-9-21-37(35)47(38)45-44(48-39-23-10-11-24-40(39)49-45)43-36-19-8-12-25-41(36)50-46(43)47;32-31-28-15-8-7-14-27(28)30-26(16-9-17-29(30)31)25-19-23(21-10-3-1-4-11-21)18-24(20-25)22-12-5-2-6-13-22;17-16-15(10-5-1-4-8-14(10)20-16)13-9-18-11-6-2-3-7-12(11)19-13;/h1-28H;1-20H;1-9H;1H4. The number of carbonyl (C=O) groups is 1. The maximum atomic E-state index is 13.0. The van der Waals surface area contributed by atoms with Crippen LogP contribution >= 0.6 is 34.3 Å². The minimum absolute atomic E-state index is 0. The number of ether oxygens (including phenoxy) is 4. The van der Waals surface area contributed by atoms with Gasteiger partial charge < -0.3 is 18.9 Å². The number of thiophene rings is 2. The number of rotatable bonds is 7. The van der Waals surface area contributed by atoms with E-state index >= 15 is 0 Å². The summed E-state index contributed by atoms with van der Waals surface area (Å²) in [5, 5.41) is 2.28. The zero-order valence-electron chi connectivity index (χ0n) is 54.6.